The van der Waals surface area contributed by atoms with Crippen LogP contribution in [-0.4, -0.2) is 38.2 Å². The number of hydrogen-bond donors (Lipinski definition) is 1. The van der Waals surface area contributed by atoms with E-state index in [1.807, 2.05) is 19.2 Å². The van der Waals surface area contributed by atoms with Gasteiger partial charge in [-0.25, -0.2) is 0 Å². The first-order chi connectivity index (χ1) is 11.6. The topological polar surface area (TPSA) is 41.3 Å². The fourth-order valence-corrected chi connectivity index (χ4v) is 3.52. The second-order valence-electron chi connectivity index (χ2n) is 7.02. The van der Waals surface area contributed by atoms with Gasteiger partial charge in [-0.15, -0.1) is 0 Å². The highest BCUT2D eigenvalue weighted by Gasteiger charge is 2.27. The van der Waals surface area contributed by atoms with Gasteiger partial charge in [0, 0.05) is 37.4 Å². The number of pyridine rings is 1. The zero-order valence-electron chi connectivity index (χ0n) is 14.0. The highest BCUT2D eigenvalue weighted by atomic mass is 16.3. The van der Waals surface area contributed by atoms with Crippen molar-refractivity contribution in [2.24, 2.45) is 0 Å². The second-order valence-corrected chi connectivity index (χ2v) is 7.02. The largest absolute Gasteiger partial charge is 0.390 e. The molecule has 0 atom stereocenters. The highest BCUT2D eigenvalue weighted by Crippen LogP contribution is 2.27. The van der Waals surface area contributed by atoms with Crippen molar-refractivity contribution in [3.8, 4) is 5.69 Å². The maximum Gasteiger partial charge on any atom is 0.0644 e. The number of benzene rings is 1. The van der Waals surface area contributed by atoms with Crippen LogP contribution in [0.2, 0.25) is 0 Å². The predicted octanol–water partition coefficient (Wildman–Crippen LogP) is 3.37. The number of hydrogen-bond acceptors (Lipinski definition) is 3. The molecule has 1 aliphatic rings. The lowest BCUT2D eigenvalue weighted by Gasteiger charge is -2.35. The quantitative estimate of drug-likeness (QED) is 0.804. The van der Waals surface area contributed by atoms with Crippen molar-refractivity contribution in [2.75, 3.05) is 13.1 Å². The third kappa shape index (κ3) is 2.95. The Hall–Kier alpha value is -2.17. The molecule has 0 unspecified atom stereocenters. The summed E-state index contributed by atoms with van der Waals surface area (Å²) < 4.78 is 2.19. The number of aromatic nitrogens is 2. The van der Waals surface area contributed by atoms with Crippen LogP contribution in [0, 0.1) is 0 Å². The Morgan fingerprint density at radius 2 is 1.96 bits per heavy atom. The van der Waals surface area contributed by atoms with Crippen molar-refractivity contribution in [1.29, 1.82) is 0 Å². The van der Waals surface area contributed by atoms with Crippen LogP contribution in [0.5, 0.6) is 0 Å². The lowest BCUT2D eigenvalue weighted by molar-refractivity contribution is -0.00720. The maximum atomic E-state index is 10.1. The van der Waals surface area contributed by atoms with Crippen LogP contribution in [0.1, 0.15) is 25.3 Å². The van der Waals surface area contributed by atoms with Gasteiger partial charge >= 0.3 is 0 Å². The summed E-state index contributed by atoms with van der Waals surface area (Å²) in [5.41, 5.74) is 3.14. The Labute approximate surface area is 142 Å². The van der Waals surface area contributed by atoms with Crippen molar-refractivity contribution in [1.82, 2.24) is 14.5 Å². The lowest BCUT2D eigenvalue weighted by Crippen LogP contribution is -2.41. The van der Waals surface area contributed by atoms with E-state index in [-0.39, 0.29) is 0 Å². The van der Waals surface area contributed by atoms with E-state index in [0.717, 1.165) is 38.2 Å². The fraction of sp³-hybridized carbons (Fsp3) is 0.350. The fourth-order valence-electron chi connectivity index (χ4n) is 3.52. The van der Waals surface area contributed by atoms with Gasteiger partial charge in [0.05, 0.1) is 23.0 Å². The number of rotatable bonds is 3. The van der Waals surface area contributed by atoms with Gasteiger partial charge in [0.15, 0.2) is 0 Å². The van der Waals surface area contributed by atoms with Crippen LogP contribution < -0.4 is 0 Å². The number of nitrogens with zero attached hydrogens (tertiary/aromatic N) is 3. The molecule has 0 saturated carbocycles. The third-order valence-corrected chi connectivity index (χ3v) is 5.07. The Kier molecular flexibility index (Phi) is 3.87. The van der Waals surface area contributed by atoms with Gasteiger partial charge < -0.3 is 9.67 Å². The van der Waals surface area contributed by atoms with E-state index in [2.05, 4.69) is 51.0 Å². The van der Waals surface area contributed by atoms with Crippen LogP contribution in [0.15, 0.2) is 55.0 Å². The van der Waals surface area contributed by atoms with E-state index in [1.54, 1.807) is 6.20 Å². The summed E-state index contributed by atoms with van der Waals surface area (Å²) in [6.07, 6.45) is 7.50. The molecular formula is C20H23N3O. The summed E-state index contributed by atoms with van der Waals surface area (Å²) in [5.74, 6) is 0. The second kappa shape index (κ2) is 6.04. The van der Waals surface area contributed by atoms with Crippen LogP contribution >= 0.6 is 0 Å². The van der Waals surface area contributed by atoms with E-state index >= 15 is 0 Å². The van der Waals surface area contributed by atoms with Crippen LogP contribution in [-0.2, 0) is 6.54 Å². The molecule has 0 aliphatic carbocycles. The zero-order chi connectivity index (χ0) is 16.6. The first kappa shape index (κ1) is 15.4. The molecule has 1 saturated heterocycles. The molecule has 1 N–H and O–H groups in total. The van der Waals surface area contributed by atoms with E-state index in [0.29, 0.717) is 0 Å². The molecular weight excluding hydrogens is 298 g/mol. The SMILES string of the molecule is CC1(O)CCN(Cc2cccc3c2ccn3-c2cccnc2)CC1. The third-order valence-electron chi connectivity index (χ3n) is 5.07. The number of piperidine rings is 1. The molecule has 2 aromatic heterocycles. The van der Waals surface area contributed by atoms with E-state index in [4.69, 9.17) is 0 Å². The highest BCUT2D eigenvalue weighted by molar-refractivity contribution is 5.85. The van der Waals surface area contributed by atoms with E-state index in [9.17, 15) is 5.11 Å². The monoisotopic (exact) mass is 321 g/mol. The van der Waals surface area contributed by atoms with Gasteiger partial charge in [0.1, 0.15) is 0 Å². The van der Waals surface area contributed by atoms with E-state index < -0.39 is 5.60 Å². The zero-order valence-corrected chi connectivity index (χ0v) is 14.0. The number of fused-ring (bicyclic) bond motifs is 1. The van der Waals surface area contributed by atoms with Crippen molar-refractivity contribution >= 4 is 10.9 Å². The number of aliphatic hydroxyl groups is 1. The lowest BCUT2D eigenvalue weighted by atomic mass is 9.93. The normalized spacial score (nSPS) is 18.1. The first-order valence-corrected chi connectivity index (χ1v) is 8.56. The molecule has 4 rings (SSSR count). The average Bonchev–Trinajstić information content (AvgIpc) is 3.03. The molecule has 1 aliphatic heterocycles. The first-order valence-electron chi connectivity index (χ1n) is 8.56. The minimum Gasteiger partial charge on any atom is -0.390 e. The van der Waals surface area contributed by atoms with Crippen molar-refractivity contribution < 1.29 is 5.11 Å². The molecule has 0 radical (unpaired) electrons. The maximum absolute atomic E-state index is 10.1. The predicted molar refractivity (Wildman–Crippen MR) is 96.2 cm³/mol. The molecule has 3 heterocycles. The Balaban J connectivity index is 1.62. The molecule has 24 heavy (non-hydrogen) atoms. The van der Waals surface area contributed by atoms with Crippen LogP contribution in [0.3, 0.4) is 0 Å². The smallest absolute Gasteiger partial charge is 0.0644 e. The van der Waals surface area contributed by atoms with Crippen molar-refractivity contribution in [3.05, 3.63) is 60.6 Å². The minimum absolute atomic E-state index is 0.494. The van der Waals surface area contributed by atoms with Gasteiger partial charge in [0.25, 0.3) is 0 Å². The molecule has 4 nitrogen and oxygen atoms in total. The summed E-state index contributed by atoms with van der Waals surface area (Å²) in [7, 11) is 0. The summed E-state index contributed by atoms with van der Waals surface area (Å²) in [6.45, 7) is 4.78. The molecule has 124 valence electrons. The summed E-state index contributed by atoms with van der Waals surface area (Å²) in [6, 6.07) is 12.7. The van der Waals surface area contributed by atoms with Crippen molar-refractivity contribution in [3.63, 3.8) is 0 Å². The van der Waals surface area contributed by atoms with Crippen LogP contribution in [0.25, 0.3) is 16.6 Å². The standard InChI is InChI=1S/C20H23N3O/c1-20(24)8-12-22(13-9-20)15-16-4-2-6-19-18(16)7-11-23(19)17-5-3-10-21-14-17/h2-7,10-11,14,24H,8-9,12-13,15H2,1H3. The minimum atomic E-state index is -0.494. The van der Waals surface area contributed by atoms with Gasteiger partial charge in [-0.2, -0.15) is 0 Å². The van der Waals surface area contributed by atoms with Crippen molar-refractivity contribution in [2.45, 2.75) is 31.9 Å². The van der Waals surface area contributed by atoms with E-state index in [1.165, 1.54) is 16.5 Å². The molecule has 1 aromatic carbocycles. The Morgan fingerprint density at radius 1 is 1.12 bits per heavy atom. The van der Waals surface area contributed by atoms with Crippen LogP contribution in [0.4, 0.5) is 0 Å². The molecule has 0 amide bonds. The Morgan fingerprint density at radius 3 is 2.71 bits per heavy atom. The molecule has 1 fully saturated rings. The summed E-state index contributed by atoms with van der Waals surface area (Å²) in [5, 5.41) is 11.4. The molecule has 3 aromatic rings. The molecule has 0 spiro atoms. The summed E-state index contributed by atoms with van der Waals surface area (Å²) in [4.78, 5) is 6.66. The average molecular weight is 321 g/mol. The van der Waals surface area contributed by atoms with Gasteiger partial charge in [-0.3, -0.25) is 9.88 Å². The molecule has 4 heteroatoms. The van der Waals surface area contributed by atoms with Gasteiger partial charge in [-0.05, 0) is 49.6 Å². The number of likely N-dealkylation sites (tertiary alicyclic amines) is 1. The van der Waals surface area contributed by atoms with Gasteiger partial charge in [-0.1, -0.05) is 12.1 Å². The summed E-state index contributed by atoms with van der Waals surface area (Å²) >= 11 is 0. The van der Waals surface area contributed by atoms with Gasteiger partial charge in [0.2, 0.25) is 0 Å². The molecule has 0 bridgehead atoms. The Bertz CT molecular complexity index is 828.